The second-order valence-corrected chi connectivity index (χ2v) is 6.77. The molecular weight excluding hydrogens is 368 g/mol. The normalized spacial score (nSPS) is 17.3. The van der Waals surface area contributed by atoms with E-state index < -0.39 is 24.1 Å². The molecule has 0 aromatic heterocycles. The summed E-state index contributed by atoms with van der Waals surface area (Å²) in [5.41, 5.74) is 2.65. The van der Waals surface area contributed by atoms with E-state index in [1.807, 2.05) is 30.3 Å². The Morgan fingerprint density at radius 1 is 0.793 bits per heavy atom. The molecule has 0 saturated carbocycles. The summed E-state index contributed by atoms with van der Waals surface area (Å²) >= 11 is 0. The number of carbonyl (C=O) groups is 2. The summed E-state index contributed by atoms with van der Waals surface area (Å²) in [5, 5.41) is 0. The van der Waals surface area contributed by atoms with E-state index in [0.29, 0.717) is 23.3 Å². The third-order valence-corrected chi connectivity index (χ3v) is 4.93. The Balaban J connectivity index is 1.60. The highest BCUT2D eigenvalue weighted by atomic mass is 16.6. The SMILES string of the molecule is COc1ccc2c(c1)C[C@@H](OC(=O)c1ccccc1)[C@@H]2OC(=O)c1ccccc1. The zero-order valence-electron chi connectivity index (χ0n) is 15.9. The van der Waals surface area contributed by atoms with E-state index >= 15 is 0 Å². The Morgan fingerprint density at radius 2 is 1.38 bits per heavy atom. The summed E-state index contributed by atoms with van der Waals surface area (Å²) < 4.78 is 16.8. The summed E-state index contributed by atoms with van der Waals surface area (Å²) in [6.07, 6.45) is -0.855. The molecule has 1 aliphatic carbocycles. The number of rotatable bonds is 5. The lowest BCUT2D eigenvalue weighted by Gasteiger charge is -2.21. The monoisotopic (exact) mass is 388 g/mol. The maximum atomic E-state index is 12.6. The molecule has 0 spiro atoms. The molecule has 0 fully saturated rings. The third kappa shape index (κ3) is 3.99. The van der Waals surface area contributed by atoms with Crippen LogP contribution >= 0.6 is 0 Å². The van der Waals surface area contributed by atoms with Crippen LogP contribution in [-0.4, -0.2) is 25.2 Å². The van der Waals surface area contributed by atoms with Gasteiger partial charge in [-0.15, -0.1) is 0 Å². The fourth-order valence-electron chi connectivity index (χ4n) is 3.47. The summed E-state index contributed by atoms with van der Waals surface area (Å²) in [5.74, 6) is -0.205. The molecule has 2 atom stereocenters. The fraction of sp³-hybridized carbons (Fsp3) is 0.167. The van der Waals surface area contributed by atoms with E-state index in [0.717, 1.165) is 11.1 Å². The van der Waals surface area contributed by atoms with Crippen LogP contribution in [-0.2, 0) is 15.9 Å². The topological polar surface area (TPSA) is 61.8 Å². The molecule has 0 radical (unpaired) electrons. The summed E-state index contributed by atoms with van der Waals surface area (Å²) in [7, 11) is 1.59. The van der Waals surface area contributed by atoms with Gasteiger partial charge in [0.2, 0.25) is 0 Å². The quantitative estimate of drug-likeness (QED) is 0.607. The van der Waals surface area contributed by atoms with Crippen LogP contribution in [0.15, 0.2) is 78.9 Å². The van der Waals surface area contributed by atoms with E-state index in [1.165, 1.54) is 0 Å². The number of carbonyl (C=O) groups excluding carboxylic acids is 2. The predicted octanol–water partition coefficient (Wildman–Crippen LogP) is 4.38. The zero-order chi connectivity index (χ0) is 20.2. The minimum absolute atomic E-state index is 0.442. The van der Waals surface area contributed by atoms with Crippen LogP contribution in [0.2, 0.25) is 0 Å². The Labute approximate surface area is 168 Å². The molecule has 0 unspecified atom stereocenters. The van der Waals surface area contributed by atoms with E-state index in [2.05, 4.69) is 0 Å². The van der Waals surface area contributed by atoms with Gasteiger partial charge in [0.25, 0.3) is 0 Å². The number of esters is 2. The van der Waals surface area contributed by atoms with Crippen molar-refractivity contribution < 1.29 is 23.8 Å². The van der Waals surface area contributed by atoms with E-state index in [1.54, 1.807) is 55.6 Å². The molecule has 0 bridgehead atoms. The van der Waals surface area contributed by atoms with Crippen molar-refractivity contribution in [1.29, 1.82) is 0 Å². The van der Waals surface area contributed by atoms with Crippen molar-refractivity contribution in [1.82, 2.24) is 0 Å². The van der Waals surface area contributed by atoms with Crippen molar-refractivity contribution in [3.05, 3.63) is 101 Å². The first kappa shape index (κ1) is 18.7. The van der Waals surface area contributed by atoms with Gasteiger partial charge in [0, 0.05) is 6.42 Å². The molecule has 0 saturated heterocycles. The lowest BCUT2D eigenvalue weighted by atomic mass is 10.1. The average molecular weight is 388 g/mol. The molecule has 0 amide bonds. The number of ether oxygens (including phenoxy) is 3. The number of benzene rings is 3. The highest BCUT2D eigenvalue weighted by Gasteiger charge is 2.38. The number of hydrogen-bond acceptors (Lipinski definition) is 5. The Bertz CT molecular complexity index is 1010. The van der Waals surface area contributed by atoms with Crippen molar-refractivity contribution in [3.8, 4) is 5.75 Å². The molecule has 4 rings (SSSR count). The first-order valence-electron chi connectivity index (χ1n) is 9.34. The van der Waals surface area contributed by atoms with Gasteiger partial charge in [-0.3, -0.25) is 0 Å². The van der Waals surface area contributed by atoms with Crippen LogP contribution in [0, 0.1) is 0 Å². The minimum Gasteiger partial charge on any atom is -0.497 e. The van der Waals surface area contributed by atoms with Gasteiger partial charge < -0.3 is 14.2 Å². The van der Waals surface area contributed by atoms with Crippen molar-refractivity contribution in [3.63, 3.8) is 0 Å². The van der Waals surface area contributed by atoms with E-state index in [4.69, 9.17) is 14.2 Å². The highest BCUT2D eigenvalue weighted by molar-refractivity contribution is 5.90. The zero-order valence-corrected chi connectivity index (χ0v) is 15.9. The lowest BCUT2D eigenvalue weighted by Crippen LogP contribution is -2.26. The molecule has 3 aromatic carbocycles. The van der Waals surface area contributed by atoms with Crippen molar-refractivity contribution in [2.45, 2.75) is 18.6 Å². The van der Waals surface area contributed by atoms with Crippen LogP contribution in [0.4, 0.5) is 0 Å². The summed E-state index contributed by atoms with van der Waals surface area (Å²) in [6, 6.07) is 23.1. The van der Waals surface area contributed by atoms with Gasteiger partial charge in [-0.25, -0.2) is 9.59 Å². The van der Waals surface area contributed by atoms with Crippen LogP contribution in [0.1, 0.15) is 37.9 Å². The molecule has 29 heavy (non-hydrogen) atoms. The van der Waals surface area contributed by atoms with E-state index in [9.17, 15) is 9.59 Å². The van der Waals surface area contributed by atoms with Gasteiger partial charge >= 0.3 is 11.9 Å². The Kier molecular flexibility index (Phi) is 5.29. The Hall–Kier alpha value is -3.60. The van der Waals surface area contributed by atoms with E-state index in [-0.39, 0.29) is 0 Å². The molecule has 0 N–H and O–H groups in total. The first-order chi connectivity index (χ1) is 14.2. The van der Waals surface area contributed by atoms with Crippen molar-refractivity contribution in [2.75, 3.05) is 7.11 Å². The third-order valence-electron chi connectivity index (χ3n) is 4.93. The molecule has 3 aromatic rings. The molecular formula is C24H20O5. The highest BCUT2D eigenvalue weighted by Crippen LogP contribution is 2.39. The van der Waals surface area contributed by atoms with Gasteiger partial charge in [0.1, 0.15) is 11.9 Å². The molecule has 5 nitrogen and oxygen atoms in total. The smallest absolute Gasteiger partial charge is 0.338 e. The Morgan fingerprint density at radius 3 is 1.97 bits per heavy atom. The lowest BCUT2D eigenvalue weighted by molar-refractivity contribution is -0.0301. The molecule has 146 valence electrons. The van der Waals surface area contributed by atoms with Crippen LogP contribution in [0.5, 0.6) is 5.75 Å². The fourth-order valence-corrected chi connectivity index (χ4v) is 3.47. The minimum atomic E-state index is -0.684. The van der Waals surface area contributed by atoms with Gasteiger partial charge in [-0.05, 0) is 47.5 Å². The molecule has 1 aliphatic rings. The van der Waals surface area contributed by atoms with Gasteiger partial charge in [-0.2, -0.15) is 0 Å². The average Bonchev–Trinajstić information content (AvgIpc) is 3.10. The van der Waals surface area contributed by atoms with Crippen LogP contribution in [0.25, 0.3) is 0 Å². The largest absolute Gasteiger partial charge is 0.497 e. The maximum Gasteiger partial charge on any atom is 0.338 e. The second-order valence-electron chi connectivity index (χ2n) is 6.77. The molecule has 0 aliphatic heterocycles. The maximum absolute atomic E-state index is 12.6. The standard InChI is InChI=1S/C24H20O5/c1-27-19-12-13-20-18(14-19)15-21(28-23(25)16-8-4-2-5-9-16)22(20)29-24(26)17-10-6-3-7-11-17/h2-14,21-22H,15H2,1H3/t21-,22-/m1/s1. The predicted molar refractivity (Wildman–Crippen MR) is 107 cm³/mol. The van der Waals surface area contributed by atoms with Crippen LogP contribution in [0.3, 0.4) is 0 Å². The summed E-state index contributed by atoms with van der Waals surface area (Å²) in [6.45, 7) is 0. The van der Waals surface area contributed by atoms with Crippen molar-refractivity contribution >= 4 is 11.9 Å². The number of fused-ring (bicyclic) bond motifs is 1. The number of hydrogen-bond donors (Lipinski definition) is 0. The number of methoxy groups -OCH3 is 1. The molecule has 5 heteroatoms. The summed E-state index contributed by atoms with van der Waals surface area (Å²) in [4.78, 5) is 25.2. The van der Waals surface area contributed by atoms with Gasteiger partial charge in [-0.1, -0.05) is 42.5 Å². The van der Waals surface area contributed by atoms with Gasteiger partial charge in [0.05, 0.1) is 18.2 Å². The first-order valence-corrected chi connectivity index (χ1v) is 9.34. The second kappa shape index (κ2) is 8.19. The van der Waals surface area contributed by atoms with Crippen LogP contribution < -0.4 is 4.74 Å². The van der Waals surface area contributed by atoms with Crippen molar-refractivity contribution in [2.24, 2.45) is 0 Å². The van der Waals surface area contributed by atoms with Gasteiger partial charge in [0.15, 0.2) is 6.10 Å². The molecule has 0 heterocycles.